The van der Waals surface area contributed by atoms with Gasteiger partial charge in [0, 0.05) is 15.8 Å². The highest BCUT2D eigenvalue weighted by Crippen LogP contribution is 2.26. The first-order valence-electron chi connectivity index (χ1n) is 6.86. The first kappa shape index (κ1) is 13.2. The average Bonchev–Trinajstić information content (AvgIpc) is 3.11. The molecule has 0 bridgehead atoms. The Balaban J connectivity index is 1.63. The van der Waals surface area contributed by atoms with Gasteiger partial charge in [0.15, 0.2) is 0 Å². The van der Waals surface area contributed by atoms with Gasteiger partial charge in [-0.15, -0.1) is 11.3 Å². The lowest BCUT2D eigenvalue weighted by molar-refractivity contribution is 0.309. The molecule has 3 heteroatoms. The minimum absolute atomic E-state index is 0.400. The Morgan fingerprint density at radius 3 is 3.00 bits per heavy atom. The van der Waals surface area contributed by atoms with Gasteiger partial charge in [0.1, 0.15) is 12.4 Å². The van der Waals surface area contributed by atoms with Crippen LogP contribution in [-0.4, -0.2) is 6.54 Å². The molecule has 0 amide bonds. The second kappa shape index (κ2) is 6.13. The molecule has 0 unspecified atom stereocenters. The van der Waals surface area contributed by atoms with Crippen LogP contribution in [0.5, 0.6) is 5.75 Å². The first-order valence-corrected chi connectivity index (χ1v) is 7.74. The molecule has 0 fully saturated rings. The van der Waals surface area contributed by atoms with Crippen molar-refractivity contribution in [3.8, 4) is 17.6 Å². The molecule has 0 atom stereocenters. The van der Waals surface area contributed by atoms with Crippen LogP contribution in [0.15, 0.2) is 29.6 Å². The molecule has 1 aromatic heterocycles. The minimum atomic E-state index is 0.400. The number of thiophene rings is 1. The Bertz CT molecular complexity index is 663. The summed E-state index contributed by atoms with van der Waals surface area (Å²) < 4.78 is 5.87. The van der Waals surface area contributed by atoms with E-state index in [9.17, 15) is 0 Å². The Labute approximate surface area is 123 Å². The number of nitrogens with two attached hydrogens (primary N) is 1. The Hall–Kier alpha value is -1.76. The van der Waals surface area contributed by atoms with Crippen LogP contribution in [0, 0.1) is 11.8 Å². The predicted octanol–water partition coefficient (Wildman–Crippen LogP) is 3.13. The van der Waals surface area contributed by atoms with E-state index >= 15 is 0 Å². The normalized spacial score (nSPS) is 12.7. The van der Waals surface area contributed by atoms with Crippen LogP contribution in [0.25, 0.3) is 0 Å². The van der Waals surface area contributed by atoms with Crippen LogP contribution in [0.4, 0.5) is 0 Å². The quantitative estimate of drug-likeness (QED) is 0.878. The van der Waals surface area contributed by atoms with Crippen molar-refractivity contribution in [2.75, 3.05) is 6.54 Å². The molecule has 1 heterocycles. The fourth-order valence-electron chi connectivity index (χ4n) is 2.47. The highest BCUT2D eigenvalue weighted by molar-refractivity contribution is 7.10. The summed E-state index contributed by atoms with van der Waals surface area (Å²) in [5.74, 6) is 6.87. The number of ether oxygens (including phenoxy) is 1. The van der Waals surface area contributed by atoms with Crippen molar-refractivity contribution in [1.29, 1.82) is 0 Å². The third kappa shape index (κ3) is 3.04. The lowest BCUT2D eigenvalue weighted by Gasteiger charge is -2.06. The summed E-state index contributed by atoms with van der Waals surface area (Å²) in [6.45, 7) is 1.00. The van der Waals surface area contributed by atoms with Gasteiger partial charge in [0.2, 0.25) is 0 Å². The number of aryl methyl sites for hydroxylation is 2. The van der Waals surface area contributed by atoms with Gasteiger partial charge in [-0.05, 0) is 48.6 Å². The van der Waals surface area contributed by atoms with Crippen molar-refractivity contribution in [2.45, 2.75) is 25.9 Å². The number of fused-ring (bicyclic) bond motifs is 1. The average molecular weight is 283 g/mol. The molecule has 20 heavy (non-hydrogen) atoms. The van der Waals surface area contributed by atoms with E-state index in [1.165, 1.54) is 35.3 Å². The number of rotatable bonds is 3. The maximum absolute atomic E-state index is 5.87. The van der Waals surface area contributed by atoms with E-state index in [2.05, 4.69) is 36.1 Å². The zero-order valence-corrected chi connectivity index (χ0v) is 12.1. The first-order chi connectivity index (χ1) is 9.85. The summed E-state index contributed by atoms with van der Waals surface area (Å²) in [7, 11) is 0. The number of benzene rings is 1. The van der Waals surface area contributed by atoms with E-state index in [-0.39, 0.29) is 0 Å². The molecule has 0 saturated carbocycles. The summed E-state index contributed by atoms with van der Waals surface area (Å²) in [6.07, 6.45) is 3.67. The van der Waals surface area contributed by atoms with Crippen molar-refractivity contribution >= 4 is 11.3 Å². The lowest BCUT2D eigenvalue weighted by atomic mass is 10.1. The molecular formula is C17H17NOS. The van der Waals surface area contributed by atoms with Gasteiger partial charge < -0.3 is 10.5 Å². The van der Waals surface area contributed by atoms with Gasteiger partial charge in [0.05, 0.1) is 6.54 Å². The summed E-state index contributed by atoms with van der Waals surface area (Å²) >= 11 is 1.68. The summed E-state index contributed by atoms with van der Waals surface area (Å²) in [5.41, 5.74) is 9.32. The molecule has 2 aromatic rings. The van der Waals surface area contributed by atoms with Crippen molar-refractivity contribution in [1.82, 2.24) is 0 Å². The smallest absolute Gasteiger partial charge is 0.122 e. The molecule has 0 radical (unpaired) electrons. The van der Waals surface area contributed by atoms with Crippen molar-refractivity contribution in [3.63, 3.8) is 0 Å². The molecule has 0 spiro atoms. The van der Waals surface area contributed by atoms with E-state index in [1.807, 2.05) is 5.38 Å². The minimum Gasteiger partial charge on any atom is -0.488 e. The molecule has 1 aliphatic carbocycles. The second-order valence-corrected chi connectivity index (χ2v) is 5.88. The van der Waals surface area contributed by atoms with Crippen molar-refractivity contribution in [3.05, 3.63) is 51.2 Å². The highest BCUT2D eigenvalue weighted by Gasteiger charge is 2.11. The number of hydrogen-bond acceptors (Lipinski definition) is 3. The van der Waals surface area contributed by atoms with E-state index in [4.69, 9.17) is 10.5 Å². The largest absolute Gasteiger partial charge is 0.488 e. The van der Waals surface area contributed by atoms with Crippen LogP contribution < -0.4 is 10.5 Å². The standard InChI is InChI=1S/C17H17NOS/c18-8-2-3-13-9-17(20-12-13)11-19-16-7-6-14-4-1-5-15(14)10-16/h6-7,9-10,12H,1,4-5,8,11,18H2. The zero-order valence-electron chi connectivity index (χ0n) is 11.3. The van der Waals surface area contributed by atoms with Crippen LogP contribution in [-0.2, 0) is 19.4 Å². The monoisotopic (exact) mass is 283 g/mol. The molecule has 2 N–H and O–H groups in total. The van der Waals surface area contributed by atoms with Crippen LogP contribution in [0.2, 0.25) is 0 Å². The topological polar surface area (TPSA) is 35.2 Å². The zero-order chi connectivity index (χ0) is 13.8. The van der Waals surface area contributed by atoms with Crippen molar-refractivity contribution in [2.24, 2.45) is 5.73 Å². The van der Waals surface area contributed by atoms with E-state index in [0.717, 1.165) is 11.3 Å². The molecule has 2 nitrogen and oxygen atoms in total. The summed E-state index contributed by atoms with van der Waals surface area (Å²) in [6, 6.07) is 8.53. The van der Waals surface area contributed by atoms with Gasteiger partial charge in [-0.1, -0.05) is 17.9 Å². The Morgan fingerprint density at radius 1 is 1.20 bits per heavy atom. The summed E-state index contributed by atoms with van der Waals surface area (Å²) in [5, 5.41) is 2.05. The SMILES string of the molecule is NCC#Cc1csc(COc2ccc3c(c2)CCC3)c1. The molecule has 1 aliphatic rings. The maximum Gasteiger partial charge on any atom is 0.122 e. The van der Waals surface area contributed by atoms with Crippen LogP contribution >= 0.6 is 11.3 Å². The van der Waals surface area contributed by atoms with Crippen molar-refractivity contribution < 1.29 is 4.74 Å². The molecule has 0 saturated heterocycles. The third-order valence-electron chi connectivity index (χ3n) is 3.44. The summed E-state index contributed by atoms with van der Waals surface area (Å²) in [4.78, 5) is 1.19. The van der Waals surface area contributed by atoms with Gasteiger partial charge >= 0.3 is 0 Å². The highest BCUT2D eigenvalue weighted by atomic mass is 32.1. The van der Waals surface area contributed by atoms with Gasteiger partial charge in [-0.25, -0.2) is 0 Å². The van der Waals surface area contributed by atoms with Gasteiger partial charge in [-0.2, -0.15) is 0 Å². The molecule has 3 rings (SSSR count). The predicted molar refractivity (Wildman–Crippen MR) is 83.1 cm³/mol. The van der Waals surface area contributed by atoms with Crippen LogP contribution in [0.1, 0.15) is 28.0 Å². The van der Waals surface area contributed by atoms with E-state index in [1.54, 1.807) is 11.3 Å². The second-order valence-electron chi connectivity index (χ2n) is 4.88. The van der Waals surface area contributed by atoms with E-state index in [0.29, 0.717) is 13.2 Å². The molecular weight excluding hydrogens is 266 g/mol. The molecule has 102 valence electrons. The molecule has 1 aromatic carbocycles. The lowest BCUT2D eigenvalue weighted by Crippen LogP contribution is -1.94. The van der Waals surface area contributed by atoms with Gasteiger partial charge in [0.25, 0.3) is 0 Å². The molecule has 0 aliphatic heterocycles. The maximum atomic E-state index is 5.87. The number of hydrogen-bond donors (Lipinski definition) is 1. The van der Waals surface area contributed by atoms with Gasteiger partial charge in [-0.3, -0.25) is 0 Å². The fourth-order valence-corrected chi connectivity index (χ4v) is 3.19. The Kier molecular flexibility index (Phi) is 4.05. The van der Waals surface area contributed by atoms with E-state index < -0.39 is 0 Å². The third-order valence-corrected chi connectivity index (χ3v) is 4.35. The fraction of sp³-hybridized carbons (Fsp3) is 0.294. The Morgan fingerprint density at radius 2 is 2.10 bits per heavy atom. The van der Waals surface area contributed by atoms with Crippen LogP contribution in [0.3, 0.4) is 0 Å².